The van der Waals surface area contributed by atoms with E-state index < -0.39 is 6.04 Å². The quantitative estimate of drug-likeness (QED) is 0.433. The zero-order chi connectivity index (χ0) is 26.9. The minimum Gasteiger partial charge on any atom is -0.344 e. The topological polar surface area (TPSA) is 129 Å². The van der Waals surface area contributed by atoms with Crippen LogP contribution in [-0.2, 0) is 27.3 Å². The van der Waals surface area contributed by atoms with Gasteiger partial charge in [-0.2, -0.15) is 5.10 Å². The lowest BCUT2D eigenvalue weighted by Gasteiger charge is -2.34. The molecule has 3 rings (SSSR count). The second kappa shape index (κ2) is 13.0. The lowest BCUT2D eigenvalue weighted by Crippen LogP contribution is -2.54. The number of rotatable bonds is 10. The number of benzene rings is 1. The van der Waals surface area contributed by atoms with Crippen molar-refractivity contribution in [3.05, 3.63) is 47.3 Å². The molecule has 1 aliphatic rings. The molecule has 37 heavy (non-hydrogen) atoms. The standard InChI is InChI=1S/C26H37N7O4/c1-5-23(34)30-21(26(37)32-13-11-31(4)12-14-32)16-19-7-8-20(18(3)15-19)29-24(35)17-27-25(36)22-9-10-28-33(22)6-2/h7-10,15,21H,5-6,11-14,16-17H2,1-4H3,(H,27,36)(H,29,35)(H,30,34). The van der Waals surface area contributed by atoms with Crippen molar-refractivity contribution in [2.75, 3.05) is 45.1 Å². The third-order valence-electron chi connectivity index (χ3n) is 6.43. The molecule has 1 fully saturated rings. The second-order valence-corrected chi connectivity index (χ2v) is 9.22. The summed E-state index contributed by atoms with van der Waals surface area (Å²) in [4.78, 5) is 54.1. The fourth-order valence-corrected chi connectivity index (χ4v) is 4.20. The van der Waals surface area contributed by atoms with Crippen molar-refractivity contribution in [3.63, 3.8) is 0 Å². The van der Waals surface area contributed by atoms with Crippen molar-refractivity contribution in [1.82, 2.24) is 30.2 Å². The van der Waals surface area contributed by atoms with E-state index in [-0.39, 0.29) is 30.2 Å². The number of amides is 4. The number of nitrogens with one attached hydrogen (secondary N) is 3. The molecule has 11 heteroatoms. The molecule has 0 radical (unpaired) electrons. The first-order valence-corrected chi connectivity index (χ1v) is 12.7. The molecule has 11 nitrogen and oxygen atoms in total. The fraction of sp³-hybridized carbons (Fsp3) is 0.500. The van der Waals surface area contributed by atoms with E-state index in [0.717, 1.165) is 24.2 Å². The summed E-state index contributed by atoms with van der Waals surface area (Å²) in [6.07, 6.45) is 2.20. The summed E-state index contributed by atoms with van der Waals surface area (Å²) >= 11 is 0. The number of nitrogens with zero attached hydrogens (tertiary/aromatic N) is 4. The highest BCUT2D eigenvalue weighted by atomic mass is 16.2. The van der Waals surface area contributed by atoms with Gasteiger partial charge < -0.3 is 25.8 Å². The first kappa shape index (κ1) is 27.9. The predicted octanol–water partition coefficient (Wildman–Crippen LogP) is 0.791. The Kier molecular flexibility index (Phi) is 9.78. The Morgan fingerprint density at radius 2 is 1.76 bits per heavy atom. The van der Waals surface area contributed by atoms with Gasteiger partial charge in [-0.3, -0.25) is 23.9 Å². The summed E-state index contributed by atoms with van der Waals surface area (Å²) in [6, 6.07) is 6.46. The third-order valence-corrected chi connectivity index (χ3v) is 6.43. The molecule has 0 spiro atoms. The normalized spacial score (nSPS) is 14.6. The summed E-state index contributed by atoms with van der Waals surface area (Å²) in [5.41, 5.74) is 2.70. The lowest BCUT2D eigenvalue weighted by atomic mass is 10.0. The van der Waals surface area contributed by atoms with Crippen LogP contribution in [0.4, 0.5) is 5.69 Å². The molecule has 1 unspecified atom stereocenters. The summed E-state index contributed by atoms with van der Waals surface area (Å²) in [5.74, 6) is -0.973. The summed E-state index contributed by atoms with van der Waals surface area (Å²) in [5, 5.41) is 12.4. The molecule has 0 bridgehead atoms. The Morgan fingerprint density at radius 3 is 2.41 bits per heavy atom. The molecule has 1 aromatic carbocycles. The van der Waals surface area contributed by atoms with Gasteiger partial charge in [-0.15, -0.1) is 0 Å². The van der Waals surface area contributed by atoms with E-state index in [1.54, 1.807) is 29.9 Å². The maximum atomic E-state index is 13.2. The van der Waals surface area contributed by atoms with E-state index in [9.17, 15) is 19.2 Å². The van der Waals surface area contributed by atoms with E-state index in [2.05, 4.69) is 25.9 Å². The molecule has 0 saturated carbocycles. The van der Waals surface area contributed by atoms with Gasteiger partial charge in [0.25, 0.3) is 5.91 Å². The third kappa shape index (κ3) is 7.63. The Morgan fingerprint density at radius 1 is 1.03 bits per heavy atom. The number of anilines is 1. The molecule has 1 atom stereocenters. The molecule has 3 N–H and O–H groups in total. The van der Waals surface area contributed by atoms with E-state index >= 15 is 0 Å². The monoisotopic (exact) mass is 511 g/mol. The number of aromatic nitrogens is 2. The number of carbonyl (C=O) groups is 4. The van der Waals surface area contributed by atoms with Gasteiger partial charge >= 0.3 is 0 Å². The van der Waals surface area contributed by atoms with Crippen LogP contribution in [0, 0.1) is 6.92 Å². The van der Waals surface area contributed by atoms with Crippen LogP contribution in [0.25, 0.3) is 0 Å². The summed E-state index contributed by atoms with van der Waals surface area (Å²) < 4.78 is 1.56. The van der Waals surface area contributed by atoms with E-state index in [1.165, 1.54) is 0 Å². The van der Waals surface area contributed by atoms with Crippen LogP contribution in [-0.4, -0.2) is 89.0 Å². The van der Waals surface area contributed by atoms with Crippen LogP contribution < -0.4 is 16.0 Å². The first-order valence-electron chi connectivity index (χ1n) is 12.7. The largest absolute Gasteiger partial charge is 0.344 e. The lowest BCUT2D eigenvalue weighted by molar-refractivity contribution is -0.137. The number of aryl methyl sites for hydroxylation is 2. The van der Waals surface area contributed by atoms with E-state index in [0.29, 0.717) is 43.9 Å². The molecule has 2 aromatic rings. The smallest absolute Gasteiger partial charge is 0.269 e. The Labute approximate surface area is 217 Å². The fourth-order valence-electron chi connectivity index (χ4n) is 4.20. The molecular formula is C26H37N7O4. The Hall–Kier alpha value is -3.73. The van der Waals surface area contributed by atoms with E-state index in [1.807, 2.05) is 37.9 Å². The van der Waals surface area contributed by atoms with E-state index in [4.69, 9.17) is 0 Å². The molecular weight excluding hydrogens is 474 g/mol. The first-order chi connectivity index (χ1) is 17.7. The van der Waals surface area contributed by atoms with Crippen LogP contribution in [0.3, 0.4) is 0 Å². The van der Waals surface area contributed by atoms with Crippen LogP contribution in [0.1, 0.15) is 41.9 Å². The van der Waals surface area contributed by atoms with Crippen LogP contribution >= 0.6 is 0 Å². The van der Waals surface area contributed by atoms with Gasteiger partial charge in [0.1, 0.15) is 11.7 Å². The molecule has 1 aromatic heterocycles. The zero-order valence-electron chi connectivity index (χ0n) is 22.0. The average Bonchev–Trinajstić information content (AvgIpc) is 3.37. The maximum absolute atomic E-state index is 13.2. The molecule has 1 aliphatic heterocycles. The molecule has 4 amide bonds. The van der Waals surface area contributed by atoms with Crippen LogP contribution in [0.5, 0.6) is 0 Å². The molecule has 2 heterocycles. The predicted molar refractivity (Wildman–Crippen MR) is 140 cm³/mol. The molecule has 200 valence electrons. The van der Waals surface area contributed by atoms with Crippen molar-refractivity contribution in [1.29, 1.82) is 0 Å². The van der Waals surface area contributed by atoms with Gasteiger partial charge in [-0.1, -0.05) is 19.1 Å². The minimum atomic E-state index is -0.650. The Balaban J connectivity index is 1.60. The molecule has 0 aliphatic carbocycles. The van der Waals surface area contributed by atoms with Gasteiger partial charge in [0.15, 0.2) is 0 Å². The average molecular weight is 512 g/mol. The number of carbonyl (C=O) groups excluding carboxylic acids is 4. The summed E-state index contributed by atoms with van der Waals surface area (Å²) in [6.45, 7) is 8.74. The maximum Gasteiger partial charge on any atom is 0.269 e. The Bertz CT molecular complexity index is 1120. The number of likely N-dealkylation sites (N-methyl/N-ethyl adjacent to an activating group) is 1. The van der Waals surface area contributed by atoms with Crippen molar-refractivity contribution < 1.29 is 19.2 Å². The van der Waals surface area contributed by atoms with Crippen LogP contribution in [0.2, 0.25) is 0 Å². The van der Waals surface area contributed by atoms with Crippen molar-refractivity contribution in [2.45, 2.75) is 46.2 Å². The number of hydrogen-bond acceptors (Lipinski definition) is 6. The number of hydrogen-bond donors (Lipinski definition) is 3. The van der Waals surface area contributed by atoms with Gasteiger partial charge in [0, 0.05) is 57.4 Å². The zero-order valence-corrected chi connectivity index (χ0v) is 22.0. The van der Waals surface area contributed by atoms with Crippen LogP contribution in [0.15, 0.2) is 30.5 Å². The number of piperazine rings is 1. The SMILES string of the molecule is CCC(=O)NC(Cc1ccc(NC(=O)CNC(=O)c2ccnn2CC)c(C)c1)C(=O)N1CCN(C)CC1. The highest BCUT2D eigenvalue weighted by Gasteiger charge is 2.28. The minimum absolute atomic E-state index is 0.0786. The van der Waals surface area contributed by atoms with Crippen molar-refractivity contribution in [2.24, 2.45) is 0 Å². The van der Waals surface area contributed by atoms with Gasteiger partial charge in [-0.05, 0) is 44.2 Å². The second-order valence-electron chi connectivity index (χ2n) is 9.22. The molecule has 1 saturated heterocycles. The van der Waals surface area contributed by atoms with Crippen molar-refractivity contribution in [3.8, 4) is 0 Å². The summed E-state index contributed by atoms with van der Waals surface area (Å²) in [7, 11) is 2.03. The van der Waals surface area contributed by atoms with Gasteiger partial charge in [-0.25, -0.2) is 0 Å². The highest BCUT2D eigenvalue weighted by molar-refractivity contribution is 5.98. The highest BCUT2D eigenvalue weighted by Crippen LogP contribution is 2.18. The van der Waals surface area contributed by atoms with Gasteiger partial charge in [0.05, 0.1) is 6.54 Å². The van der Waals surface area contributed by atoms with Crippen molar-refractivity contribution >= 4 is 29.3 Å². The van der Waals surface area contributed by atoms with Gasteiger partial charge in [0.2, 0.25) is 17.7 Å².